The molecule has 0 unspecified atom stereocenters. The Hall–Kier alpha value is -2.50. The molecule has 0 aliphatic heterocycles. The molecule has 0 aliphatic rings. The van der Waals surface area contributed by atoms with Gasteiger partial charge in [0.15, 0.2) is 0 Å². The summed E-state index contributed by atoms with van der Waals surface area (Å²) in [5.74, 6) is 0. The van der Waals surface area contributed by atoms with Crippen LogP contribution in [0.15, 0.2) is 60.7 Å². The van der Waals surface area contributed by atoms with Crippen LogP contribution in [-0.2, 0) is 12.8 Å². The highest BCUT2D eigenvalue weighted by atomic mass is 32.1. The highest BCUT2D eigenvalue weighted by Gasteiger charge is 2.15. The Morgan fingerprint density at radius 3 is 1.10 bits per heavy atom. The van der Waals surface area contributed by atoms with Crippen molar-refractivity contribution in [3.63, 3.8) is 0 Å². The van der Waals surface area contributed by atoms with Gasteiger partial charge in [-0.05, 0) is 119 Å². The van der Waals surface area contributed by atoms with Crippen molar-refractivity contribution in [2.75, 3.05) is 0 Å². The first-order chi connectivity index (χ1) is 24.7. The Kier molecular flexibility index (Phi) is 11.1. The van der Waals surface area contributed by atoms with E-state index >= 15 is 0 Å². The predicted molar refractivity (Wildman–Crippen MR) is 233 cm³/mol. The van der Waals surface area contributed by atoms with E-state index in [0.29, 0.717) is 0 Å². The summed E-state index contributed by atoms with van der Waals surface area (Å²) in [6, 6.07) is 24.7. The monoisotopic (exact) mass is 732 g/mol. The molecular formula is C46H52S4. The second-order valence-electron chi connectivity index (χ2n) is 14.9. The Morgan fingerprint density at radius 1 is 0.320 bits per heavy atom. The van der Waals surface area contributed by atoms with Crippen LogP contribution in [0, 0.1) is 0 Å². The van der Waals surface area contributed by atoms with Gasteiger partial charge in [0.05, 0.1) is 9.40 Å². The SMILES string of the molecule is CCCCCCCCCCc1cc2cc3cc4c(cc3cc2s1)sc1c2cc3cc5cc(CCCCCCCCCC)sc5cc3cc2sc41. The summed E-state index contributed by atoms with van der Waals surface area (Å²) in [5.41, 5.74) is 0. The Labute approximate surface area is 314 Å². The molecule has 0 radical (unpaired) electrons. The Balaban J connectivity index is 0.991. The maximum Gasteiger partial charge on any atom is 0.0542 e. The molecule has 8 aromatic rings. The minimum absolute atomic E-state index is 1.23. The molecule has 4 aromatic heterocycles. The fourth-order valence-corrected chi connectivity index (χ4v) is 13.0. The largest absolute Gasteiger partial charge is 0.140 e. The van der Waals surface area contributed by atoms with Gasteiger partial charge in [-0.1, -0.05) is 104 Å². The highest BCUT2D eigenvalue weighted by molar-refractivity contribution is 7.36. The van der Waals surface area contributed by atoms with E-state index in [1.165, 1.54) is 187 Å². The Bertz CT molecular complexity index is 2210. The fraction of sp³-hybridized carbons (Fsp3) is 0.435. The number of thiophene rings is 4. The molecule has 0 bridgehead atoms. The third kappa shape index (κ3) is 7.51. The maximum atomic E-state index is 2.48. The fourth-order valence-electron chi connectivity index (χ4n) is 8.05. The molecule has 0 amide bonds. The lowest BCUT2D eigenvalue weighted by Crippen LogP contribution is -1.83. The minimum atomic E-state index is 1.23. The molecule has 0 saturated heterocycles. The van der Waals surface area contributed by atoms with Crippen LogP contribution in [0.5, 0.6) is 0 Å². The summed E-state index contributed by atoms with van der Waals surface area (Å²) < 4.78 is 8.68. The van der Waals surface area contributed by atoms with Crippen LogP contribution in [0.1, 0.15) is 126 Å². The summed E-state index contributed by atoms with van der Waals surface area (Å²) in [6.07, 6.45) is 24.6. The molecule has 0 N–H and O–H groups in total. The molecule has 0 saturated carbocycles. The van der Waals surface area contributed by atoms with Crippen LogP contribution in [0.25, 0.3) is 71.3 Å². The van der Waals surface area contributed by atoms with E-state index in [1.54, 1.807) is 9.75 Å². The van der Waals surface area contributed by atoms with E-state index in [4.69, 9.17) is 0 Å². The number of hydrogen-bond donors (Lipinski definition) is 0. The first kappa shape index (κ1) is 34.6. The molecule has 0 atom stereocenters. The van der Waals surface area contributed by atoms with E-state index in [-0.39, 0.29) is 0 Å². The number of hydrogen-bond acceptors (Lipinski definition) is 4. The first-order valence-electron chi connectivity index (χ1n) is 19.8. The van der Waals surface area contributed by atoms with E-state index in [0.717, 1.165) is 0 Å². The summed E-state index contributed by atoms with van der Waals surface area (Å²) in [7, 11) is 0. The van der Waals surface area contributed by atoms with Crippen molar-refractivity contribution in [1.82, 2.24) is 0 Å². The van der Waals surface area contributed by atoms with Gasteiger partial charge in [0.1, 0.15) is 0 Å². The molecule has 4 aromatic carbocycles. The zero-order valence-electron chi connectivity index (χ0n) is 30.1. The van der Waals surface area contributed by atoms with E-state index < -0.39 is 0 Å². The zero-order chi connectivity index (χ0) is 33.9. The molecule has 260 valence electrons. The van der Waals surface area contributed by atoms with Crippen molar-refractivity contribution in [2.24, 2.45) is 0 Å². The van der Waals surface area contributed by atoms with E-state index in [1.807, 2.05) is 45.3 Å². The zero-order valence-corrected chi connectivity index (χ0v) is 33.4. The third-order valence-electron chi connectivity index (χ3n) is 10.9. The van der Waals surface area contributed by atoms with Crippen molar-refractivity contribution >= 4 is 117 Å². The van der Waals surface area contributed by atoms with Crippen molar-refractivity contribution in [3.8, 4) is 0 Å². The second kappa shape index (κ2) is 16.0. The van der Waals surface area contributed by atoms with Crippen molar-refractivity contribution in [1.29, 1.82) is 0 Å². The van der Waals surface area contributed by atoms with Gasteiger partial charge in [0.2, 0.25) is 0 Å². The summed E-state index contributed by atoms with van der Waals surface area (Å²) >= 11 is 8.03. The van der Waals surface area contributed by atoms with E-state index in [9.17, 15) is 0 Å². The quantitative estimate of drug-likeness (QED) is 0.0771. The van der Waals surface area contributed by atoms with Crippen LogP contribution < -0.4 is 0 Å². The van der Waals surface area contributed by atoms with Gasteiger partial charge in [-0.15, -0.1) is 45.3 Å². The molecule has 4 heteroatoms. The molecule has 0 spiro atoms. The normalized spacial score (nSPS) is 12.4. The van der Waals surface area contributed by atoms with Crippen molar-refractivity contribution in [2.45, 2.75) is 129 Å². The summed E-state index contributed by atoms with van der Waals surface area (Å²) in [5, 5.41) is 11.2. The minimum Gasteiger partial charge on any atom is -0.140 e. The van der Waals surface area contributed by atoms with Crippen LogP contribution in [0.4, 0.5) is 0 Å². The molecular weight excluding hydrogens is 681 g/mol. The van der Waals surface area contributed by atoms with Gasteiger partial charge in [0.25, 0.3) is 0 Å². The number of rotatable bonds is 18. The average molecular weight is 733 g/mol. The topological polar surface area (TPSA) is 0 Å². The lowest BCUT2D eigenvalue weighted by Gasteiger charge is -2.00. The lowest BCUT2D eigenvalue weighted by molar-refractivity contribution is 0.576. The maximum absolute atomic E-state index is 2.48. The standard InChI is InChI=1S/C46H52S4/c1-3-5-7-9-11-13-15-17-19-37-23-35-21-31-25-39-43(29-33(31)27-41(35)47-37)49-46-40-26-32-22-36-24-38(20-18-16-14-12-10-8-6-4-2)48-42(36)28-34(32)30-44(40)50-45(39)46/h21-30H,3-20H2,1-2H3. The van der Waals surface area contributed by atoms with Gasteiger partial charge < -0.3 is 0 Å². The van der Waals surface area contributed by atoms with Crippen molar-refractivity contribution < 1.29 is 0 Å². The molecule has 8 rings (SSSR count). The number of fused-ring (bicyclic) bond motifs is 9. The second-order valence-corrected chi connectivity index (χ2v) is 19.3. The predicted octanol–water partition coefficient (Wildman–Crippen LogP) is 17.4. The van der Waals surface area contributed by atoms with Gasteiger partial charge in [-0.25, -0.2) is 0 Å². The average Bonchev–Trinajstić information content (AvgIpc) is 3.88. The first-order valence-corrected chi connectivity index (χ1v) is 23.0. The molecule has 0 aliphatic carbocycles. The third-order valence-corrected chi connectivity index (χ3v) is 15.7. The Morgan fingerprint density at radius 2 is 0.680 bits per heavy atom. The molecule has 4 heterocycles. The van der Waals surface area contributed by atoms with Crippen LogP contribution >= 0.6 is 45.3 Å². The lowest BCUT2D eigenvalue weighted by atomic mass is 10.0. The smallest absolute Gasteiger partial charge is 0.0542 e. The van der Waals surface area contributed by atoms with E-state index in [2.05, 4.69) is 74.5 Å². The van der Waals surface area contributed by atoms with Gasteiger partial charge in [-0.2, -0.15) is 0 Å². The molecule has 0 fully saturated rings. The number of benzene rings is 4. The van der Waals surface area contributed by atoms with Crippen LogP contribution in [0.3, 0.4) is 0 Å². The van der Waals surface area contributed by atoms with Crippen LogP contribution in [-0.4, -0.2) is 0 Å². The summed E-state index contributed by atoms with van der Waals surface area (Å²) in [6.45, 7) is 4.60. The number of aryl methyl sites for hydroxylation is 2. The molecule has 50 heavy (non-hydrogen) atoms. The van der Waals surface area contributed by atoms with Crippen LogP contribution in [0.2, 0.25) is 0 Å². The van der Waals surface area contributed by atoms with Crippen molar-refractivity contribution in [3.05, 3.63) is 70.4 Å². The van der Waals surface area contributed by atoms with Gasteiger partial charge >= 0.3 is 0 Å². The highest BCUT2D eigenvalue weighted by Crippen LogP contribution is 2.47. The number of unbranched alkanes of at least 4 members (excludes halogenated alkanes) is 14. The van der Waals surface area contributed by atoms with Gasteiger partial charge in [-0.3, -0.25) is 0 Å². The van der Waals surface area contributed by atoms with Gasteiger partial charge in [0, 0.05) is 39.3 Å². The molecule has 0 nitrogen and oxygen atoms in total. The summed E-state index contributed by atoms with van der Waals surface area (Å²) in [4.78, 5) is 3.11.